The van der Waals surface area contributed by atoms with E-state index in [9.17, 15) is 4.79 Å². The van der Waals surface area contributed by atoms with Gasteiger partial charge in [0.1, 0.15) is 6.61 Å². The van der Waals surface area contributed by atoms with Crippen LogP contribution in [0.2, 0.25) is 0 Å². The van der Waals surface area contributed by atoms with Crippen molar-refractivity contribution >= 4 is 5.97 Å². The lowest BCUT2D eigenvalue weighted by atomic mass is 10.1. The minimum Gasteiger partial charge on any atom is -0.461 e. The molecule has 82 valence electrons. The van der Waals surface area contributed by atoms with E-state index in [1.165, 1.54) is 6.08 Å². The first-order chi connectivity index (χ1) is 6.41. The van der Waals surface area contributed by atoms with Crippen LogP contribution in [0.1, 0.15) is 27.7 Å². The summed E-state index contributed by atoms with van der Waals surface area (Å²) in [5.41, 5.74) is 0.120. The van der Waals surface area contributed by atoms with E-state index in [-0.39, 0.29) is 11.5 Å². The van der Waals surface area contributed by atoms with E-state index in [0.29, 0.717) is 6.61 Å². The van der Waals surface area contributed by atoms with E-state index >= 15 is 0 Å². The Morgan fingerprint density at radius 1 is 1.50 bits per heavy atom. The highest BCUT2D eigenvalue weighted by molar-refractivity contribution is 5.81. The fraction of sp³-hybridized carbons (Fsp3) is 0.727. The summed E-state index contributed by atoms with van der Waals surface area (Å²) in [6.07, 6.45) is 1.19. The van der Waals surface area contributed by atoms with Gasteiger partial charge in [-0.05, 0) is 27.3 Å². The van der Waals surface area contributed by atoms with Crippen LogP contribution in [0.25, 0.3) is 0 Å². The lowest BCUT2D eigenvalue weighted by molar-refractivity contribution is -0.138. The van der Waals surface area contributed by atoms with Gasteiger partial charge in [-0.15, -0.1) is 0 Å². The fourth-order valence-corrected chi connectivity index (χ4v) is 1.28. The summed E-state index contributed by atoms with van der Waals surface area (Å²) < 4.78 is 4.92. The van der Waals surface area contributed by atoms with Crippen molar-refractivity contribution in [3.8, 4) is 0 Å². The van der Waals surface area contributed by atoms with Gasteiger partial charge in [0.05, 0.1) is 0 Å². The predicted octanol–water partition coefficient (Wildman–Crippen LogP) is 1.84. The SMILES string of the molecule is C=CC(=O)OCCN(CC)C(C)(C)C. The monoisotopic (exact) mass is 199 g/mol. The molecule has 0 unspecified atom stereocenters. The largest absolute Gasteiger partial charge is 0.461 e. The van der Waals surface area contributed by atoms with Gasteiger partial charge < -0.3 is 4.74 Å². The van der Waals surface area contributed by atoms with Gasteiger partial charge in [-0.2, -0.15) is 0 Å². The molecule has 0 bridgehead atoms. The Hall–Kier alpha value is -0.830. The number of esters is 1. The van der Waals surface area contributed by atoms with Crippen LogP contribution in [0.15, 0.2) is 12.7 Å². The molecule has 0 amide bonds. The lowest BCUT2D eigenvalue weighted by Crippen LogP contribution is -2.43. The Kier molecular flexibility index (Phi) is 5.46. The summed E-state index contributed by atoms with van der Waals surface area (Å²) in [6.45, 7) is 14.0. The number of carbonyl (C=O) groups excluding carboxylic acids is 1. The zero-order valence-electron chi connectivity index (χ0n) is 9.67. The molecule has 0 N–H and O–H groups in total. The maximum absolute atomic E-state index is 10.8. The van der Waals surface area contributed by atoms with Gasteiger partial charge in [-0.25, -0.2) is 4.79 Å². The highest BCUT2D eigenvalue weighted by atomic mass is 16.5. The van der Waals surface area contributed by atoms with Gasteiger partial charge in [0.15, 0.2) is 0 Å². The first kappa shape index (κ1) is 13.2. The van der Waals surface area contributed by atoms with Gasteiger partial charge in [0.2, 0.25) is 0 Å². The number of likely N-dealkylation sites (N-methyl/N-ethyl adjacent to an activating group) is 1. The molecule has 0 heterocycles. The Labute approximate surface area is 86.7 Å². The molecule has 3 heteroatoms. The maximum atomic E-state index is 10.8. The minimum atomic E-state index is -0.352. The zero-order valence-corrected chi connectivity index (χ0v) is 9.67. The standard InChI is InChI=1S/C11H21NO2/c1-6-10(13)14-9-8-12(7-2)11(3,4)5/h6H,1,7-9H2,2-5H3. The van der Waals surface area contributed by atoms with Crippen molar-refractivity contribution in [1.29, 1.82) is 0 Å². The average molecular weight is 199 g/mol. The van der Waals surface area contributed by atoms with E-state index < -0.39 is 0 Å². The number of hydrogen-bond donors (Lipinski definition) is 0. The van der Waals surface area contributed by atoms with Crippen molar-refractivity contribution in [1.82, 2.24) is 4.90 Å². The van der Waals surface area contributed by atoms with Crippen molar-refractivity contribution in [2.45, 2.75) is 33.2 Å². The van der Waals surface area contributed by atoms with Crippen LogP contribution in [0.3, 0.4) is 0 Å². The number of carbonyl (C=O) groups is 1. The third-order valence-electron chi connectivity index (χ3n) is 2.10. The molecule has 0 spiro atoms. The number of rotatable bonds is 5. The van der Waals surface area contributed by atoms with Crippen LogP contribution >= 0.6 is 0 Å². The summed E-state index contributed by atoms with van der Waals surface area (Å²) >= 11 is 0. The van der Waals surface area contributed by atoms with Gasteiger partial charge in [0.25, 0.3) is 0 Å². The highest BCUT2D eigenvalue weighted by Gasteiger charge is 2.18. The third-order valence-corrected chi connectivity index (χ3v) is 2.10. The normalized spacial score (nSPS) is 11.5. The molecular weight excluding hydrogens is 178 g/mol. The van der Waals surface area contributed by atoms with E-state index in [2.05, 4.69) is 39.2 Å². The van der Waals surface area contributed by atoms with Crippen molar-refractivity contribution in [3.63, 3.8) is 0 Å². The highest BCUT2D eigenvalue weighted by Crippen LogP contribution is 2.11. The summed E-state index contributed by atoms with van der Waals surface area (Å²) in [5, 5.41) is 0. The van der Waals surface area contributed by atoms with E-state index in [4.69, 9.17) is 4.74 Å². The molecule has 0 aliphatic carbocycles. The number of hydrogen-bond acceptors (Lipinski definition) is 3. The van der Waals surface area contributed by atoms with Gasteiger partial charge in [0, 0.05) is 18.2 Å². The molecule has 0 aromatic carbocycles. The van der Waals surface area contributed by atoms with Crippen LogP contribution < -0.4 is 0 Å². The van der Waals surface area contributed by atoms with Crippen LogP contribution in [0, 0.1) is 0 Å². The first-order valence-electron chi connectivity index (χ1n) is 4.96. The van der Waals surface area contributed by atoms with Crippen molar-refractivity contribution in [3.05, 3.63) is 12.7 Å². The van der Waals surface area contributed by atoms with Crippen molar-refractivity contribution < 1.29 is 9.53 Å². The summed E-state index contributed by atoms with van der Waals surface area (Å²) in [7, 11) is 0. The molecule has 0 atom stereocenters. The van der Waals surface area contributed by atoms with Crippen LogP contribution in [0.5, 0.6) is 0 Å². The van der Waals surface area contributed by atoms with E-state index in [0.717, 1.165) is 13.1 Å². The lowest BCUT2D eigenvalue weighted by Gasteiger charge is -2.34. The molecule has 0 aliphatic heterocycles. The van der Waals surface area contributed by atoms with Gasteiger partial charge in [-0.1, -0.05) is 13.5 Å². The average Bonchev–Trinajstić information content (AvgIpc) is 2.09. The fourth-order valence-electron chi connectivity index (χ4n) is 1.28. The first-order valence-corrected chi connectivity index (χ1v) is 4.96. The maximum Gasteiger partial charge on any atom is 0.330 e. The smallest absolute Gasteiger partial charge is 0.330 e. The molecule has 0 saturated carbocycles. The molecule has 0 fully saturated rings. The van der Waals surface area contributed by atoms with Crippen LogP contribution in [-0.4, -0.2) is 36.1 Å². The molecule has 0 aromatic rings. The second-order valence-electron chi connectivity index (χ2n) is 4.12. The Bertz CT molecular complexity index is 194. The number of ether oxygens (including phenoxy) is 1. The van der Waals surface area contributed by atoms with Crippen molar-refractivity contribution in [2.24, 2.45) is 0 Å². The third kappa shape index (κ3) is 5.02. The second kappa shape index (κ2) is 5.81. The van der Waals surface area contributed by atoms with Crippen molar-refractivity contribution in [2.75, 3.05) is 19.7 Å². The van der Waals surface area contributed by atoms with Gasteiger partial charge >= 0.3 is 5.97 Å². The molecule has 0 aliphatic rings. The molecule has 0 aromatic heterocycles. The zero-order chi connectivity index (χ0) is 11.2. The van der Waals surface area contributed by atoms with E-state index in [1.807, 2.05) is 0 Å². The molecular formula is C11H21NO2. The quantitative estimate of drug-likeness (QED) is 0.500. The second-order valence-corrected chi connectivity index (χ2v) is 4.12. The van der Waals surface area contributed by atoms with Crippen LogP contribution in [0.4, 0.5) is 0 Å². The van der Waals surface area contributed by atoms with Crippen LogP contribution in [-0.2, 0) is 9.53 Å². The summed E-state index contributed by atoms with van der Waals surface area (Å²) in [4.78, 5) is 13.0. The Morgan fingerprint density at radius 2 is 2.07 bits per heavy atom. The summed E-state index contributed by atoms with van der Waals surface area (Å²) in [5.74, 6) is -0.352. The molecule has 0 saturated heterocycles. The Balaban J connectivity index is 3.86. The van der Waals surface area contributed by atoms with Gasteiger partial charge in [-0.3, -0.25) is 4.90 Å². The molecule has 14 heavy (non-hydrogen) atoms. The van der Waals surface area contributed by atoms with E-state index in [1.54, 1.807) is 0 Å². The summed E-state index contributed by atoms with van der Waals surface area (Å²) in [6, 6.07) is 0. The number of nitrogens with zero attached hydrogens (tertiary/aromatic N) is 1. The molecule has 0 rings (SSSR count). The molecule has 0 radical (unpaired) electrons. The molecule has 3 nitrogen and oxygen atoms in total. The minimum absolute atomic E-state index is 0.120. The topological polar surface area (TPSA) is 29.5 Å². The Morgan fingerprint density at radius 3 is 2.43 bits per heavy atom. The predicted molar refractivity (Wildman–Crippen MR) is 58.2 cm³/mol.